The summed E-state index contributed by atoms with van der Waals surface area (Å²) in [6.45, 7) is 3.74. The van der Waals surface area contributed by atoms with Crippen LogP contribution in [0.1, 0.15) is 18.5 Å². The summed E-state index contributed by atoms with van der Waals surface area (Å²) in [5, 5.41) is 7.32. The van der Waals surface area contributed by atoms with Gasteiger partial charge in [-0.05, 0) is 31.9 Å². The Hall–Kier alpha value is -2.44. The summed E-state index contributed by atoms with van der Waals surface area (Å²) in [5.41, 5.74) is 0.982. The minimum atomic E-state index is 0.0898. The Bertz CT molecular complexity index is 627. The van der Waals surface area contributed by atoms with E-state index in [1.807, 2.05) is 30.0 Å². The fourth-order valence-corrected chi connectivity index (χ4v) is 2.78. The molecule has 1 aliphatic rings. The van der Waals surface area contributed by atoms with E-state index in [9.17, 15) is 4.79 Å². The molecule has 0 bridgehead atoms. The third-order valence-electron chi connectivity index (χ3n) is 3.87. The smallest absolute Gasteiger partial charge is 0.244 e. The van der Waals surface area contributed by atoms with Gasteiger partial charge in [0.2, 0.25) is 5.91 Å². The summed E-state index contributed by atoms with van der Waals surface area (Å²) in [5.74, 6) is 0.947. The van der Waals surface area contributed by atoms with Gasteiger partial charge in [0.25, 0.3) is 0 Å². The molecule has 2 aromatic rings. The third kappa shape index (κ3) is 3.41. The number of aryl methyl sites for hydroxylation is 1. The highest BCUT2D eigenvalue weighted by Crippen LogP contribution is 2.18. The lowest BCUT2D eigenvalue weighted by atomic mass is 10.2. The van der Waals surface area contributed by atoms with Gasteiger partial charge >= 0.3 is 0 Å². The first-order valence-electron chi connectivity index (χ1n) is 7.52. The van der Waals surface area contributed by atoms with Crippen molar-refractivity contribution in [2.75, 3.05) is 18.4 Å². The molecule has 2 aromatic heterocycles. The maximum Gasteiger partial charge on any atom is 0.244 e. The fourth-order valence-electron chi connectivity index (χ4n) is 2.78. The molecule has 7 nitrogen and oxygen atoms in total. The molecule has 0 unspecified atom stereocenters. The van der Waals surface area contributed by atoms with Gasteiger partial charge in [-0.1, -0.05) is 6.07 Å². The number of anilines is 1. The number of nitrogens with one attached hydrogen (secondary N) is 1. The Morgan fingerprint density at radius 2 is 2.36 bits per heavy atom. The van der Waals surface area contributed by atoms with E-state index in [2.05, 4.69) is 20.4 Å². The number of pyridine rings is 1. The SMILES string of the molecule is Cc1cccc(NC[C@H]2CCCN2C(=O)Cn2cncn2)n1. The van der Waals surface area contributed by atoms with Crippen molar-refractivity contribution in [1.82, 2.24) is 24.6 Å². The lowest BCUT2D eigenvalue weighted by Crippen LogP contribution is -2.41. The van der Waals surface area contributed by atoms with Crippen molar-refractivity contribution in [3.05, 3.63) is 36.5 Å². The largest absolute Gasteiger partial charge is 0.368 e. The number of likely N-dealkylation sites (tertiary alicyclic amines) is 1. The average Bonchev–Trinajstić information content (AvgIpc) is 3.16. The Kier molecular flexibility index (Phi) is 4.32. The Morgan fingerprint density at radius 1 is 1.45 bits per heavy atom. The van der Waals surface area contributed by atoms with Crippen LogP contribution in [0.4, 0.5) is 5.82 Å². The molecule has 3 rings (SSSR count). The van der Waals surface area contributed by atoms with Crippen LogP contribution >= 0.6 is 0 Å². The second kappa shape index (κ2) is 6.55. The van der Waals surface area contributed by atoms with Gasteiger partial charge in [-0.15, -0.1) is 0 Å². The van der Waals surface area contributed by atoms with Gasteiger partial charge in [0, 0.05) is 24.8 Å². The van der Waals surface area contributed by atoms with E-state index in [4.69, 9.17) is 0 Å². The molecule has 1 atom stereocenters. The monoisotopic (exact) mass is 300 g/mol. The van der Waals surface area contributed by atoms with Crippen LogP contribution in [0.5, 0.6) is 0 Å². The second-order valence-electron chi connectivity index (χ2n) is 5.52. The third-order valence-corrected chi connectivity index (χ3v) is 3.87. The fraction of sp³-hybridized carbons (Fsp3) is 0.467. The zero-order chi connectivity index (χ0) is 15.4. The van der Waals surface area contributed by atoms with E-state index in [1.54, 1.807) is 11.0 Å². The van der Waals surface area contributed by atoms with Crippen molar-refractivity contribution in [2.45, 2.75) is 32.4 Å². The number of carbonyl (C=O) groups excluding carboxylic acids is 1. The van der Waals surface area contributed by atoms with Crippen LogP contribution in [0.2, 0.25) is 0 Å². The number of hydrogen-bond donors (Lipinski definition) is 1. The number of hydrogen-bond acceptors (Lipinski definition) is 5. The standard InChI is InChI=1S/C15H20N6O/c1-12-4-2-6-14(19-12)17-8-13-5-3-7-21(13)15(22)9-20-11-16-10-18-20/h2,4,6,10-11,13H,3,5,7-9H2,1H3,(H,17,19)/t13-/m1/s1. The van der Waals surface area contributed by atoms with Gasteiger partial charge in [0.15, 0.2) is 0 Å². The van der Waals surface area contributed by atoms with Crippen molar-refractivity contribution in [1.29, 1.82) is 0 Å². The van der Waals surface area contributed by atoms with E-state index in [1.165, 1.54) is 6.33 Å². The molecule has 0 spiro atoms. The molecule has 0 radical (unpaired) electrons. The summed E-state index contributed by atoms with van der Waals surface area (Å²) in [6, 6.07) is 6.10. The predicted molar refractivity (Wildman–Crippen MR) is 82.2 cm³/mol. The molecule has 1 saturated heterocycles. The minimum absolute atomic E-state index is 0.0898. The van der Waals surface area contributed by atoms with Gasteiger partial charge in [-0.25, -0.2) is 14.6 Å². The van der Waals surface area contributed by atoms with Crippen molar-refractivity contribution in [2.24, 2.45) is 0 Å². The maximum absolute atomic E-state index is 12.4. The second-order valence-corrected chi connectivity index (χ2v) is 5.52. The van der Waals surface area contributed by atoms with Gasteiger partial charge < -0.3 is 10.2 Å². The summed E-state index contributed by atoms with van der Waals surface area (Å²) in [4.78, 5) is 22.6. The first-order chi connectivity index (χ1) is 10.7. The molecule has 1 amide bonds. The summed E-state index contributed by atoms with van der Waals surface area (Å²) in [6.07, 6.45) is 5.07. The normalized spacial score (nSPS) is 17.7. The number of carbonyl (C=O) groups is 1. The van der Waals surface area contributed by atoms with Gasteiger partial charge in [-0.2, -0.15) is 5.10 Å². The van der Waals surface area contributed by atoms with Crippen LogP contribution in [0.3, 0.4) is 0 Å². The van der Waals surface area contributed by atoms with Gasteiger partial charge in [0.05, 0.1) is 0 Å². The predicted octanol–water partition coefficient (Wildman–Crippen LogP) is 1.08. The zero-order valence-corrected chi connectivity index (χ0v) is 12.6. The zero-order valence-electron chi connectivity index (χ0n) is 12.6. The lowest BCUT2D eigenvalue weighted by Gasteiger charge is -2.25. The first-order valence-corrected chi connectivity index (χ1v) is 7.52. The van der Waals surface area contributed by atoms with Crippen LogP contribution in [0, 0.1) is 6.92 Å². The average molecular weight is 300 g/mol. The van der Waals surface area contributed by atoms with E-state index >= 15 is 0 Å². The van der Waals surface area contributed by atoms with Crippen LogP contribution in [-0.4, -0.2) is 49.7 Å². The topological polar surface area (TPSA) is 75.9 Å². The summed E-state index contributed by atoms with van der Waals surface area (Å²) < 4.78 is 1.56. The molecule has 1 fully saturated rings. The van der Waals surface area contributed by atoms with E-state index < -0.39 is 0 Å². The maximum atomic E-state index is 12.4. The molecule has 1 aliphatic heterocycles. The Balaban J connectivity index is 1.57. The summed E-state index contributed by atoms with van der Waals surface area (Å²) in [7, 11) is 0. The lowest BCUT2D eigenvalue weighted by molar-refractivity contribution is -0.132. The van der Waals surface area contributed by atoms with E-state index in [-0.39, 0.29) is 18.5 Å². The quantitative estimate of drug-likeness (QED) is 0.894. The van der Waals surface area contributed by atoms with E-state index in [0.29, 0.717) is 0 Å². The number of rotatable bonds is 5. The van der Waals surface area contributed by atoms with Crippen molar-refractivity contribution >= 4 is 11.7 Å². The van der Waals surface area contributed by atoms with Crippen LogP contribution in [-0.2, 0) is 11.3 Å². The van der Waals surface area contributed by atoms with E-state index in [0.717, 1.165) is 37.4 Å². The molecule has 0 aromatic carbocycles. The number of amides is 1. The first kappa shape index (κ1) is 14.5. The molecule has 22 heavy (non-hydrogen) atoms. The minimum Gasteiger partial charge on any atom is -0.368 e. The molecule has 3 heterocycles. The highest BCUT2D eigenvalue weighted by Gasteiger charge is 2.28. The highest BCUT2D eigenvalue weighted by atomic mass is 16.2. The molecule has 116 valence electrons. The van der Waals surface area contributed by atoms with Crippen molar-refractivity contribution in [3.8, 4) is 0 Å². The van der Waals surface area contributed by atoms with Crippen LogP contribution in [0.15, 0.2) is 30.9 Å². The van der Waals surface area contributed by atoms with Crippen LogP contribution < -0.4 is 5.32 Å². The molecular weight excluding hydrogens is 280 g/mol. The number of nitrogens with zero attached hydrogens (tertiary/aromatic N) is 5. The molecular formula is C15H20N6O. The van der Waals surface area contributed by atoms with Gasteiger partial charge in [0.1, 0.15) is 25.0 Å². The molecule has 0 aliphatic carbocycles. The molecule has 7 heteroatoms. The summed E-state index contributed by atoms with van der Waals surface area (Å²) >= 11 is 0. The van der Waals surface area contributed by atoms with Crippen molar-refractivity contribution < 1.29 is 4.79 Å². The van der Waals surface area contributed by atoms with Gasteiger partial charge in [-0.3, -0.25) is 4.79 Å². The molecule has 1 N–H and O–H groups in total. The van der Waals surface area contributed by atoms with Crippen LogP contribution in [0.25, 0.3) is 0 Å². The van der Waals surface area contributed by atoms with Crippen molar-refractivity contribution in [3.63, 3.8) is 0 Å². The Morgan fingerprint density at radius 3 is 3.14 bits per heavy atom. The Labute approximate surface area is 129 Å². The molecule has 0 saturated carbocycles. The highest BCUT2D eigenvalue weighted by molar-refractivity contribution is 5.76. The number of aromatic nitrogens is 4.